The highest BCUT2D eigenvalue weighted by atomic mass is 16.7. The predicted molar refractivity (Wildman–Crippen MR) is 111 cm³/mol. The van der Waals surface area contributed by atoms with Crippen molar-refractivity contribution in [1.29, 1.82) is 0 Å². The smallest absolute Gasteiger partial charge is 0.375 e. The lowest BCUT2D eigenvalue weighted by Crippen LogP contribution is -2.15. The molecule has 4 rings (SSSR count). The van der Waals surface area contributed by atoms with Crippen LogP contribution in [0.25, 0.3) is 22.1 Å². The molecule has 1 aromatic heterocycles. The Morgan fingerprint density at radius 2 is 1.90 bits per heavy atom. The van der Waals surface area contributed by atoms with Gasteiger partial charge in [0.25, 0.3) is 0 Å². The van der Waals surface area contributed by atoms with E-state index >= 15 is 0 Å². The summed E-state index contributed by atoms with van der Waals surface area (Å²) >= 11 is 0. The SMILES string of the molecule is CCOC(=O)c1oc2cc(OC)c(C(C)C)cc2c(=O)c1-c1ccc2c(c1)OCO2. The van der Waals surface area contributed by atoms with Crippen molar-refractivity contribution in [3.8, 4) is 28.4 Å². The summed E-state index contributed by atoms with van der Waals surface area (Å²) in [5, 5.41) is 0.361. The summed E-state index contributed by atoms with van der Waals surface area (Å²) in [6, 6.07) is 8.45. The van der Waals surface area contributed by atoms with Gasteiger partial charge in [-0.15, -0.1) is 0 Å². The first-order valence-corrected chi connectivity index (χ1v) is 9.70. The zero-order valence-corrected chi connectivity index (χ0v) is 17.2. The number of carbonyl (C=O) groups is 1. The summed E-state index contributed by atoms with van der Waals surface area (Å²) in [5.74, 6) is 0.922. The monoisotopic (exact) mass is 410 g/mol. The Labute approximate surface area is 173 Å². The lowest BCUT2D eigenvalue weighted by Gasteiger charge is -2.15. The van der Waals surface area contributed by atoms with Crippen LogP contribution in [0.2, 0.25) is 0 Å². The fourth-order valence-electron chi connectivity index (χ4n) is 3.52. The van der Waals surface area contributed by atoms with Gasteiger partial charge >= 0.3 is 5.97 Å². The first-order valence-electron chi connectivity index (χ1n) is 9.70. The molecule has 0 unspecified atom stereocenters. The van der Waals surface area contributed by atoms with Gasteiger partial charge in [0.1, 0.15) is 11.3 Å². The normalized spacial score (nSPS) is 12.4. The molecule has 156 valence electrons. The fraction of sp³-hybridized carbons (Fsp3) is 0.304. The second kappa shape index (κ2) is 7.74. The predicted octanol–water partition coefficient (Wildman–Crippen LogP) is 4.50. The molecule has 0 saturated heterocycles. The van der Waals surface area contributed by atoms with Gasteiger partial charge in [0, 0.05) is 6.07 Å². The summed E-state index contributed by atoms with van der Waals surface area (Å²) in [7, 11) is 1.55. The molecule has 0 fully saturated rings. The van der Waals surface area contributed by atoms with Gasteiger partial charge < -0.3 is 23.4 Å². The minimum Gasteiger partial charge on any atom is -0.496 e. The van der Waals surface area contributed by atoms with E-state index in [4.69, 9.17) is 23.4 Å². The van der Waals surface area contributed by atoms with Crippen LogP contribution in [0.1, 0.15) is 42.8 Å². The highest BCUT2D eigenvalue weighted by Gasteiger charge is 2.26. The van der Waals surface area contributed by atoms with Crippen molar-refractivity contribution < 1.29 is 28.2 Å². The molecular weight excluding hydrogens is 388 g/mol. The van der Waals surface area contributed by atoms with Crippen LogP contribution in [-0.4, -0.2) is 26.5 Å². The van der Waals surface area contributed by atoms with E-state index < -0.39 is 5.97 Å². The number of hydrogen-bond acceptors (Lipinski definition) is 7. The topological polar surface area (TPSA) is 84.2 Å². The standard InChI is InChI=1S/C23H22O7/c1-5-27-23(25)22-20(13-6-7-16-19(8-13)29-11-28-16)21(24)15-9-14(12(2)3)17(26-4)10-18(15)30-22/h6-10,12H,5,11H2,1-4H3. The van der Waals surface area contributed by atoms with Crippen molar-refractivity contribution >= 4 is 16.9 Å². The van der Waals surface area contributed by atoms with Gasteiger partial charge in [-0.05, 0) is 42.2 Å². The molecule has 0 amide bonds. The third-order valence-corrected chi connectivity index (χ3v) is 4.99. The lowest BCUT2D eigenvalue weighted by molar-refractivity contribution is 0.0492. The molecule has 30 heavy (non-hydrogen) atoms. The Kier molecular flexibility index (Phi) is 5.11. The molecular formula is C23H22O7. The quantitative estimate of drug-likeness (QED) is 0.573. The van der Waals surface area contributed by atoms with Crippen molar-refractivity contribution in [2.24, 2.45) is 0 Å². The Hall–Kier alpha value is -3.48. The molecule has 3 aromatic rings. The largest absolute Gasteiger partial charge is 0.496 e. The van der Waals surface area contributed by atoms with Crippen LogP contribution in [0.5, 0.6) is 17.2 Å². The molecule has 0 saturated carbocycles. The molecule has 0 N–H and O–H groups in total. The Bertz CT molecular complexity index is 1190. The molecule has 7 nitrogen and oxygen atoms in total. The van der Waals surface area contributed by atoms with Crippen LogP contribution >= 0.6 is 0 Å². The van der Waals surface area contributed by atoms with Gasteiger partial charge in [-0.1, -0.05) is 19.9 Å². The molecule has 0 bridgehead atoms. The van der Waals surface area contributed by atoms with Crippen LogP contribution in [0.15, 0.2) is 39.5 Å². The summed E-state index contributed by atoms with van der Waals surface area (Å²) in [5.41, 5.74) is 1.41. The number of fused-ring (bicyclic) bond motifs is 2. The van der Waals surface area contributed by atoms with Crippen LogP contribution in [0.3, 0.4) is 0 Å². The lowest BCUT2D eigenvalue weighted by atomic mass is 9.97. The fourth-order valence-corrected chi connectivity index (χ4v) is 3.52. The number of hydrogen-bond donors (Lipinski definition) is 0. The first-order chi connectivity index (χ1) is 14.4. The second-order valence-corrected chi connectivity index (χ2v) is 7.17. The average molecular weight is 410 g/mol. The Morgan fingerprint density at radius 1 is 1.13 bits per heavy atom. The summed E-state index contributed by atoms with van der Waals surface area (Å²) < 4.78 is 27.3. The summed E-state index contributed by atoms with van der Waals surface area (Å²) in [6.45, 7) is 5.97. The van der Waals surface area contributed by atoms with Crippen molar-refractivity contribution in [2.75, 3.05) is 20.5 Å². The molecule has 2 heterocycles. The minimum atomic E-state index is -0.712. The van der Waals surface area contributed by atoms with Crippen molar-refractivity contribution in [3.63, 3.8) is 0 Å². The second-order valence-electron chi connectivity index (χ2n) is 7.17. The Balaban J connectivity index is 2.03. The summed E-state index contributed by atoms with van der Waals surface area (Å²) in [6.07, 6.45) is 0. The first kappa shape index (κ1) is 19.8. The van der Waals surface area contributed by atoms with Crippen LogP contribution in [0.4, 0.5) is 0 Å². The average Bonchev–Trinajstić information content (AvgIpc) is 3.20. The van der Waals surface area contributed by atoms with Gasteiger partial charge in [0.05, 0.1) is 24.7 Å². The van der Waals surface area contributed by atoms with Gasteiger partial charge in [-0.2, -0.15) is 0 Å². The van der Waals surface area contributed by atoms with Crippen LogP contribution < -0.4 is 19.6 Å². The van der Waals surface area contributed by atoms with Crippen molar-refractivity contribution in [1.82, 2.24) is 0 Å². The molecule has 2 aromatic carbocycles. The molecule has 1 aliphatic rings. The zero-order chi connectivity index (χ0) is 21.4. The van der Waals surface area contributed by atoms with Crippen molar-refractivity contribution in [3.05, 3.63) is 51.9 Å². The van der Waals surface area contributed by atoms with Crippen molar-refractivity contribution in [2.45, 2.75) is 26.7 Å². The highest BCUT2D eigenvalue weighted by molar-refractivity contribution is 5.98. The van der Waals surface area contributed by atoms with Gasteiger partial charge in [-0.3, -0.25) is 4.79 Å². The van der Waals surface area contributed by atoms with Crippen LogP contribution in [-0.2, 0) is 4.74 Å². The van der Waals surface area contributed by atoms with Gasteiger partial charge in [0.15, 0.2) is 11.5 Å². The zero-order valence-electron chi connectivity index (χ0n) is 17.2. The highest BCUT2D eigenvalue weighted by Crippen LogP contribution is 2.38. The van der Waals surface area contributed by atoms with Crippen LogP contribution in [0, 0.1) is 0 Å². The molecule has 7 heteroatoms. The third kappa shape index (κ3) is 3.26. The number of esters is 1. The van der Waals surface area contributed by atoms with E-state index in [-0.39, 0.29) is 41.7 Å². The molecule has 0 aliphatic carbocycles. The molecule has 0 radical (unpaired) electrons. The number of benzene rings is 2. The number of methoxy groups -OCH3 is 1. The molecule has 0 spiro atoms. The summed E-state index contributed by atoms with van der Waals surface area (Å²) in [4.78, 5) is 26.2. The number of ether oxygens (including phenoxy) is 4. The number of carbonyl (C=O) groups excluding carboxylic acids is 1. The van der Waals surface area contributed by atoms with E-state index in [1.54, 1.807) is 44.4 Å². The number of rotatable bonds is 5. The van der Waals surface area contributed by atoms with E-state index in [1.165, 1.54) is 0 Å². The van der Waals surface area contributed by atoms with Gasteiger partial charge in [-0.25, -0.2) is 4.79 Å². The van der Waals surface area contributed by atoms with E-state index in [1.807, 2.05) is 13.8 Å². The van der Waals surface area contributed by atoms with Gasteiger partial charge in [0.2, 0.25) is 18.0 Å². The molecule has 0 atom stereocenters. The van der Waals surface area contributed by atoms with E-state index in [0.29, 0.717) is 28.2 Å². The van der Waals surface area contributed by atoms with E-state index in [2.05, 4.69) is 0 Å². The molecule has 1 aliphatic heterocycles. The maximum atomic E-state index is 13.6. The minimum absolute atomic E-state index is 0.105. The maximum absolute atomic E-state index is 13.6. The maximum Gasteiger partial charge on any atom is 0.375 e. The third-order valence-electron chi connectivity index (χ3n) is 4.99. The van der Waals surface area contributed by atoms with E-state index in [0.717, 1.165) is 5.56 Å². The van der Waals surface area contributed by atoms with E-state index in [9.17, 15) is 9.59 Å². The Morgan fingerprint density at radius 3 is 2.60 bits per heavy atom.